The summed E-state index contributed by atoms with van der Waals surface area (Å²) in [5, 5.41) is 14.7. The first-order valence-corrected chi connectivity index (χ1v) is 12.0. The lowest BCUT2D eigenvalue weighted by atomic mass is 9.94. The summed E-state index contributed by atoms with van der Waals surface area (Å²) in [5.74, 6) is 1.16. The van der Waals surface area contributed by atoms with E-state index in [0.29, 0.717) is 32.0 Å². The monoisotopic (exact) mass is 465 g/mol. The van der Waals surface area contributed by atoms with E-state index in [1.54, 1.807) is 0 Å². The molecule has 2 aromatic heterocycles. The number of benzene rings is 1. The fourth-order valence-electron chi connectivity index (χ4n) is 4.94. The minimum atomic E-state index is -0.355. The van der Waals surface area contributed by atoms with Crippen molar-refractivity contribution in [3.63, 3.8) is 0 Å². The Morgan fingerprint density at radius 3 is 2.68 bits per heavy atom. The topological polar surface area (TPSA) is 101 Å². The molecule has 3 aromatic rings. The molecule has 8 heteroatoms. The number of aromatic nitrogens is 2. The van der Waals surface area contributed by atoms with E-state index < -0.39 is 0 Å². The van der Waals surface area contributed by atoms with Gasteiger partial charge in [-0.1, -0.05) is 31.1 Å². The van der Waals surface area contributed by atoms with E-state index in [4.69, 9.17) is 4.52 Å². The first-order valence-electron chi connectivity index (χ1n) is 12.0. The molecule has 8 nitrogen and oxygen atoms in total. The largest absolute Gasteiger partial charge is 0.361 e. The van der Waals surface area contributed by atoms with Crippen molar-refractivity contribution >= 4 is 22.7 Å². The van der Waals surface area contributed by atoms with Gasteiger partial charge in [0.2, 0.25) is 11.8 Å². The predicted octanol–water partition coefficient (Wildman–Crippen LogP) is 3.15. The van der Waals surface area contributed by atoms with Crippen LogP contribution in [0.3, 0.4) is 0 Å². The molecule has 1 aliphatic rings. The summed E-state index contributed by atoms with van der Waals surface area (Å²) in [6.45, 7) is 11.3. The Labute approximate surface area is 200 Å². The third-order valence-electron chi connectivity index (χ3n) is 6.55. The third-order valence-corrected chi connectivity index (χ3v) is 6.55. The molecule has 0 fully saturated rings. The molecule has 3 heterocycles. The van der Waals surface area contributed by atoms with E-state index in [0.717, 1.165) is 34.5 Å². The lowest BCUT2D eigenvalue weighted by Gasteiger charge is -2.25. The van der Waals surface area contributed by atoms with Crippen LogP contribution in [0.15, 0.2) is 28.9 Å². The number of nitrogens with zero attached hydrogens (tertiary/aromatic N) is 2. The Morgan fingerprint density at radius 2 is 2.00 bits per heavy atom. The molecule has 2 amide bonds. The summed E-state index contributed by atoms with van der Waals surface area (Å²) < 4.78 is 7.64. The van der Waals surface area contributed by atoms with Crippen LogP contribution < -0.4 is 16.0 Å². The zero-order valence-electron chi connectivity index (χ0n) is 20.7. The van der Waals surface area contributed by atoms with Gasteiger partial charge in [0, 0.05) is 48.7 Å². The van der Waals surface area contributed by atoms with Gasteiger partial charge in [0.25, 0.3) is 0 Å². The number of amides is 2. The second-order valence-corrected chi connectivity index (χ2v) is 9.71. The maximum atomic E-state index is 13.1. The van der Waals surface area contributed by atoms with Crippen molar-refractivity contribution in [2.24, 2.45) is 5.92 Å². The van der Waals surface area contributed by atoms with Crippen molar-refractivity contribution in [1.82, 2.24) is 25.7 Å². The fraction of sp³-hybridized carbons (Fsp3) is 0.500. The Kier molecular flexibility index (Phi) is 7.07. The molecule has 0 bridgehead atoms. The minimum absolute atomic E-state index is 0.0430. The van der Waals surface area contributed by atoms with Gasteiger partial charge in [-0.05, 0) is 49.8 Å². The van der Waals surface area contributed by atoms with Crippen LogP contribution in [0.25, 0.3) is 10.9 Å². The van der Waals surface area contributed by atoms with E-state index in [1.807, 2.05) is 13.8 Å². The van der Waals surface area contributed by atoms with Gasteiger partial charge in [0.05, 0.1) is 18.3 Å². The maximum Gasteiger partial charge on any atom is 0.237 e. The number of rotatable bonds is 8. The second kappa shape index (κ2) is 10.0. The molecule has 3 N–H and O–H groups in total. The molecule has 2 unspecified atom stereocenters. The van der Waals surface area contributed by atoms with Crippen LogP contribution in [-0.4, -0.2) is 40.7 Å². The van der Waals surface area contributed by atoms with Gasteiger partial charge in [0.1, 0.15) is 5.76 Å². The van der Waals surface area contributed by atoms with E-state index in [1.165, 1.54) is 17.9 Å². The summed E-state index contributed by atoms with van der Waals surface area (Å²) in [7, 11) is 0. The fourth-order valence-corrected chi connectivity index (χ4v) is 4.94. The Bertz CT molecular complexity index is 1170. The summed E-state index contributed by atoms with van der Waals surface area (Å²) >= 11 is 0. The van der Waals surface area contributed by atoms with E-state index in [2.05, 4.69) is 63.9 Å². The highest BCUT2D eigenvalue weighted by atomic mass is 16.5. The number of carbonyl (C=O) groups is 2. The molecule has 1 aromatic carbocycles. The third kappa shape index (κ3) is 5.01. The van der Waals surface area contributed by atoms with Crippen molar-refractivity contribution in [3.05, 3.63) is 52.5 Å². The molecule has 0 aliphatic carbocycles. The normalized spacial score (nSPS) is 17.7. The number of aryl methyl sites for hydroxylation is 2. The van der Waals surface area contributed by atoms with Crippen molar-refractivity contribution in [2.45, 2.75) is 66.1 Å². The SMILES string of the molecule is CC(=O)NCCNC(=O)C1Cc2cn(Cc3c(C)noc3C)c3cccc(c23)C(CC(C)C)N1. The summed E-state index contributed by atoms with van der Waals surface area (Å²) in [4.78, 5) is 24.3. The van der Waals surface area contributed by atoms with Gasteiger partial charge >= 0.3 is 0 Å². The van der Waals surface area contributed by atoms with Gasteiger partial charge in [-0.3, -0.25) is 14.9 Å². The predicted molar refractivity (Wildman–Crippen MR) is 132 cm³/mol. The molecule has 1 aliphatic heterocycles. The Hall–Kier alpha value is -3.13. The lowest BCUT2D eigenvalue weighted by Crippen LogP contribution is -2.48. The highest BCUT2D eigenvalue weighted by Crippen LogP contribution is 2.36. The molecule has 182 valence electrons. The molecule has 2 atom stereocenters. The van der Waals surface area contributed by atoms with Crippen LogP contribution in [-0.2, 0) is 22.6 Å². The average Bonchev–Trinajstić information content (AvgIpc) is 3.24. The zero-order valence-corrected chi connectivity index (χ0v) is 20.7. The molecule has 0 radical (unpaired) electrons. The molecule has 34 heavy (non-hydrogen) atoms. The lowest BCUT2D eigenvalue weighted by molar-refractivity contribution is -0.124. The van der Waals surface area contributed by atoms with Gasteiger partial charge in [0.15, 0.2) is 0 Å². The molecule has 0 saturated heterocycles. The first-order chi connectivity index (χ1) is 16.2. The minimum Gasteiger partial charge on any atom is -0.361 e. The van der Waals surface area contributed by atoms with Gasteiger partial charge in [-0.15, -0.1) is 0 Å². The molecule has 4 rings (SSSR count). The van der Waals surface area contributed by atoms with Crippen LogP contribution in [0.5, 0.6) is 0 Å². The molecular weight excluding hydrogens is 430 g/mol. The second-order valence-electron chi connectivity index (χ2n) is 9.71. The van der Waals surface area contributed by atoms with Crippen LogP contribution >= 0.6 is 0 Å². The van der Waals surface area contributed by atoms with Crippen molar-refractivity contribution in [1.29, 1.82) is 0 Å². The van der Waals surface area contributed by atoms with Crippen LogP contribution in [0, 0.1) is 19.8 Å². The zero-order chi connectivity index (χ0) is 24.4. The molecule has 0 spiro atoms. The summed E-state index contributed by atoms with van der Waals surface area (Å²) in [5.41, 5.74) is 5.56. The van der Waals surface area contributed by atoms with Crippen LogP contribution in [0.4, 0.5) is 0 Å². The van der Waals surface area contributed by atoms with Crippen molar-refractivity contribution in [3.8, 4) is 0 Å². The van der Waals surface area contributed by atoms with Crippen molar-refractivity contribution in [2.75, 3.05) is 13.1 Å². The smallest absolute Gasteiger partial charge is 0.237 e. The van der Waals surface area contributed by atoms with Crippen molar-refractivity contribution < 1.29 is 14.1 Å². The summed E-state index contributed by atoms with van der Waals surface area (Å²) in [6.07, 6.45) is 3.71. The average molecular weight is 466 g/mol. The van der Waals surface area contributed by atoms with E-state index in [9.17, 15) is 9.59 Å². The van der Waals surface area contributed by atoms with Gasteiger partial charge in [-0.25, -0.2) is 0 Å². The standard InChI is InChI=1S/C26H35N5O3/c1-15(2)11-22-20-7-6-8-24-25(20)19(13-31(24)14-21-16(3)30-34-17(21)4)12-23(29-22)26(33)28-10-9-27-18(5)32/h6-8,13,15,22-23,29H,9-12,14H2,1-5H3,(H,27,32)(H,28,33). The van der Waals surface area contributed by atoms with Crippen LogP contribution in [0.1, 0.15) is 61.4 Å². The summed E-state index contributed by atoms with van der Waals surface area (Å²) in [6, 6.07) is 6.16. The highest BCUT2D eigenvalue weighted by molar-refractivity contribution is 5.90. The Balaban J connectivity index is 1.67. The number of hydrogen-bond acceptors (Lipinski definition) is 5. The number of carbonyl (C=O) groups excluding carboxylic acids is 2. The van der Waals surface area contributed by atoms with Crippen LogP contribution in [0.2, 0.25) is 0 Å². The molecule has 0 saturated carbocycles. The number of nitrogens with one attached hydrogen (secondary N) is 3. The number of hydrogen-bond donors (Lipinski definition) is 3. The quantitative estimate of drug-likeness (QED) is 0.444. The maximum absolute atomic E-state index is 13.1. The van der Waals surface area contributed by atoms with Gasteiger partial charge < -0.3 is 19.7 Å². The Morgan fingerprint density at radius 1 is 1.24 bits per heavy atom. The van der Waals surface area contributed by atoms with E-state index >= 15 is 0 Å². The van der Waals surface area contributed by atoms with Gasteiger partial charge in [-0.2, -0.15) is 0 Å². The van der Waals surface area contributed by atoms with E-state index in [-0.39, 0.29) is 23.9 Å². The first kappa shape index (κ1) is 24.0. The molecular formula is C26H35N5O3. The highest BCUT2D eigenvalue weighted by Gasteiger charge is 2.31.